The molecule has 0 rings (SSSR count). The molecular formula is C14H26O2. The summed E-state index contributed by atoms with van der Waals surface area (Å²) in [6, 6.07) is 0. The Morgan fingerprint density at radius 2 is 1.75 bits per heavy atom. The van der Waals surface area contributed by atoms with E-state index in [2.05, 4.69) is 12.2 Å². The van der Waals surface area contributed by atoms with Crippen LogP contribution < -0.4 is 0 Å². The molecule has 0 aliphatic heterocycles. The van der Waals surface area contributed by atoms with Crippen LogP contribution in [0.3, 0.4) is 0 Å². The molecular weight excluding hydrogens is 200 g/mol. The fourth-order valence-corrected chi connectivity index (χ4v) is 1.44. The molecule has 0 spiro atoms. The van der Waals surface area contributed by atoms with Gasteiger partial charge >= 0.3 is 5.97 Å². The minimum atomic E-state index is -0.344. The molecule has 0 aromatic carbocycles. The second-order valence-corrected chi connectivity index (χ2v) is 5.11. The first-order valence-corrected chi connectivity index (χ1v) is 6.28. The van der Waals surface area contributed by atoms with Crippen molar-refractivity contribution in [3.8, 4) is 0 Å². The molecule has 0 unspecified atom stereocenters. The zero-order valence-corrected chi connectivity index (χ0v) is 11.2. The summed E-state index contributed by atoms with van der Waals surface area (Å²) in [5.74, 6) is -0.0686. The summed E-state index contributed by atoms with van der Waals surface area (Å²) in [6.45, 7) is 7.76. The molecule has 2 nitrogen and oxygen atoms in total. The summed E-state index contributed by atoms with van der Waals surface area (Å²) in [4.78, 5) is 11.4. The summed E-state index contributed by atoms with van der Waals surface area (Å²) < 4.78 is 5.23. The molecule has 0 heterocycles. The van der Waals surface area contributed by atoms with E-state index in [9.17, 15) is 4.79 Å². The first kappa shape index (κ1) is 15.2. The molecule has 0 fully saturated rings. The average molecular weight is 226 g/mol. The van der Waals surface area contributed by atoms with E-state index in [-0.39, 0.29) is 11.6 Å². The Bertz CT molecular complexity index is 211. The molecule has 0 amide bonds. The SMILES string of the molecule is CC=CCCCCCCC(=O)OC(C)(C)C. The fourth-order valence-electron chi connectivity index (χ4n) is 1.44. The Hall–Kier alpha value is -0.790. The van der Waals surface area contributed by atoms with Crippen molar-refractivity contribution in [2.75, 3.05) is 0 Å². The van der Waals surface area contributed by atoms with Crippen molar-refractivity contribution in [3.63, 3.8) is 0 Å². The van der Waals surface area contributed by atoms with Gasteiger partial charge in [0.05, 0.1) is 0 Å². The summed E-state index contributed by atoms with van der Waals surface area (Å²) in [6.07, 6.45) is 10.5. The Morgan fingerprint density at radius 1 is 1.12 bits per heavy atom. The number of carbonyl (C=O) groups is 1. The second kappa shape index (κ2) is 8.37. The van der Waals surface area contributed by atoms with E-state index in [1.807, 2.05) is 27.7 Å². The number of carbonyl (C=O) groups excluding carboxylic acids is 1. The highest BCUT2D eigenvalue weighted by molar-refractivity contribution is 5.69. The van der Waals surface area contributed by atoms with E-state index in [1.54, 1.807) is 0 Å². The Morgan fingerprint density at radius 3 is 2.31 bits per heavy atom. The molecule has 0 N–H and O–H groups in total. The summed E-state index contributed by atoms with van der Waals surface area (Å²) in [7, 11) is 0. The normalized spacial score (nSPS) is 12.0. The Balaban J connectivity index is 3.35. The third kappa shape index (κ3) is 11.3. The van der Waals surface area contributed by atoms with Gasteiger partial charge < -0.3 is 4.74 Å². The summed E-state index contributed by atoms with van der Waals surface area (Å²) in [5.41, 5.74) is -0.344. The van der Waals surface area contributed by atoms with E-state index in [0.717, 1.165) is 19.3 Å². The minimum absolute atomic E-state index is 0.0686. The van der Waals surface area contributed by atoms with Crippen LogP contribution in [0.4, 0.5) is 0 Å². The fraction of sp³-hybridized carbons (Fsp3) is 0.786. The van der Waals surface area contributed by atoms with Gasteiger partial charge in [-0.2, -0.15) is 0 Å². The van der Waals surface area contributed by atoms with Gasteiger partial charge in [0.2, 0.25) is 0 Å². The van der Waals surface area contributed by atoms with Gasteiger partial charge in [-0.25, -0.2) is 0 Å². The van der Waals surface area contributed by atoms with Crippen LogP contribution in [0.2, 0.25) is 0 Å². The number of hydrogen-bond acceptors (Lipinski definition) is 2. The molecule has 0 atom stereocenters. The van der Waals surface area contributed by atoms with Crippen molar-refractivity contribution in [3.05, 3.63) is 12.2 Å². The molecule has 94 valence electrons. The Labute approximate surface area is 100 Å². The molecule has 2 heteroatoms. The predicted octanol–water partition coefficient (Wildman–Crippen LogP) is 4.24. The first-order chi connectivity index (χ1) is 7.45. The van der Waals surface area contributed by atoms with Crippen molar-refractivity contribution < 1.29 is 9.53 Å². The van der Waals surface area contributed by atoms with Gasteiger partial charge in [0.25, 0.3) is 0 Å². The van der Waals surface area contributed by atoms with Gasteiger partial charge in [0.15, 0.2) is 0 Å². The maximum absolute atomic E-state index is 11.4. The van der Waals surface area contributed by atoms with Crippen molar-refractivity contribution in [1.82, 2.24) is 0 Å². The number of unbranched alkanes of at least 4 members (excludes halogenated alkanes) is 4. The summed E-state index contributed by atoms with van der Waals surface area (Å²) in [5, 5.41) is 0. The molecule has 0 aromatic heterocycles. The van der Waals surface area contributed by atoms with Crippen LogP contribution in [0.1, 0.15) is 66.2 Å². The van der Waals surface area contributed by atoms with Crippen LogP contribution >= 0.6 is 0 Å². The molecule has 0 aliphatic rings. The van der Waals surface area contributed by atoms with Crippen molar-refractivity contribution in [2.45, 2.75) is 71.8 Å². The van der Waals surface area contributed by atoms with Gasteiger partial charge in [0, 0.05) is 6.42 Å². The number of hydrogen-bond donors (Lipinski definition) is 0. The minimum Gasteiger partial charge on any atom is -0.460 e. The van der Waals surface area contributed by atoms with Crippen molar-refractivity contribution >= 4 is 5.97 Å². The van der Waals surface area contributed by atoms with Gasteiger partial charge in [0.1, 0.15) is 5.60 Å². The summed E-state index contributed by atoms with van der Waals surface area (Å²) >= 11 is 0. The molecule has 0 radical (unpaired) electrons. The molecule has 0 saturated heterocycles. The third-order valence-corrected chi connectivity index (χ3v) is 2.16. The molecule has 0 bridgehead atoms. The van der Waals surface area contributed by atoms with Crippen LogP contribution in [-0.4, -0.2) is 11.6 Å². The maximum Gasteiger partial charge on any atom is 0.306 e. The van der Waals surface area contributed by atoms with E-state index in [4.69, 9.17) is 4.74 Å². The highest BCUT2D eigenvalue weighted by Crippen LogP contribution is 2.11. The molecule has 0 saturated carbocycles. The topological polar surface area (TPSA) is 26.3 Å². The van der Waals surface area contributed by atoms with E-state index in [1.165, 1.54) is 12.8 Å². The lowest BCUT2D eigenvalue weighted by molar-refractivity contribution is -0.154. The quantitative estimate of drug-likeness (QED) is 0.368. The number of allylic oxidation sites excluding steroid dienone is 2. The third-order valence-electron chi connectivity index (χ3n) is 2.16. The van der Waals surface area contributed by atoms with E-state index in [0.29, 0.717) is 6.42 Å². The van der Waals surface area contributed by atoms with Gasteiger partial charge in [-0.3, -0.25) is 4.79 Å². The lowest BCUT2D eigenvalue weighted by Crippen LogP contribution is -2.23. The average Bonchev–Trinajstić information content (AvgIpc) is 2.13. The van der Waals surface area contributed by atoms with E-state index < -0.39 is 0 Å². The van der Waals surface area contributed by atoms with Crippen LogP contribution in [0, 0.1) is 0 Å². The number of esters is 1. The number of ether oxygens (including phenoxy) is 1. The highest BCUT2D eigenvalue weighted by Gasteiger charge is 2.15. The van der Waals surface area contributed by atoms with Crippen LogP contribution in [-0.2, 0) is 9.53 Å². The molecule has 0 aliphatic carbocycles. The van der Waals surface area contributed by atoms with Crippen LogP contribution in [0.5, 0.6) is 0 Å². The van der Waals surface area contributed by atoms with Crippen molar-refractivity contribution in [1.29, 1.82) is 0 Å². The lowest BCUT2D eigenvalue weighted by Gasteiger charge is -2.19. The van der Waals surface area contributed by atoms with Gasteiger partial charge in [-0.1, -0.05) is 25.0 Å². The highest BCUT2D eigenvalue weighted by atomic mass is 16.6. The maximum atomic E-state index is 11.4. The molecule has 16 heavy (non-hydrogen) atoms. The van der Waals surface area contributed by atoms with Crippen LogP contribution in [0.15, 0.2) is 12.2 Å². The standard InChI is InChI=1S/C14H26O2/c1-5-6-7-8-9-10-11-12-13(15)16-14(2,3)4/h5-6H,7-12H2,1-4H3. The van der Waals surface area contributed by atoms with Crippen molar-refractivity contribution in [2.24, 2.45) is 0 Å². The Kier molecular flexibility index (Phi) is 7.96. The first-order valence-electron chi connectivity index (χ1n) is 6.28. The van der Waals surface area contributed by atoms with Crippen LogP contribution in [0.25, 0.3) is 0 Å². The van der Waals surface area contributed by atoms with Gasteiger partial charge in [-0.15, -0.1) is 0 Å². The zero-order valence-electron chi connectivity index (χ0n) is 11.2. The monoisotopic (exact) mass is 226 g/mol. The second-order valence-electron chi connectivity index (χ2n) is 5.11. The smallest absolute Gasteiger partial charge is 0.306 e. The largest absolute Gasteiger partial charge is 0.460 e. The lowest BCUT2D eigenvalue weighted by atomic mass is 10.1. The van der Waals surface area contributed by atoms with Gasteiger partial charge in [-0.05, 0) is 47.0 Å². The zero-order chi connectivity index (χ0) is 12.4. The molecule has 0 aromatic rings. The van der Waals surface area contributed by atoms with E-state index >= 15 is 0 Å². The predicted molar refractivity (Wildman–Crippen MR) is 68.4 cm³/mol. The number of rotatable bonds is 7.